The Morgan fingerprint density at radius 1 is 1.09 bits per heavy atom. The fraction of sp³-hybridized carbons (Fsp3) is 0.222. The lowest BCUT2D eigenvalue weighted by Crippen LogP contribution is -2.09. The molecule has 0 aliphatic heterocycles. The van der Waals surface area contributed by atoms with E-state index >= 15 is 0 Å². The van der Waals surface area contributed by atoms with Crippen molar-refractivity contribution in [3.63, 3.8) is 0 Å². The predicted octanol–water partition coefficient (Wildman–Crippen LogP) is 4.15. The maximum Gasteiger partial charge on any atom is 0.221 e. The molecule has 4 nitrogen and oxygen atoms in total. The van der Waals surface area contributed by atoms with Crippen LogP contribution in [-0.4, -0.2) is 17.9 Å². The second-order valence-corrected chi connectivity index (χ2v) is 5.96. The van der Waals surface area contributed by atoms with Crippen molar-refractivity contribution < 1.29 is 14.3 Å². The van der Waals surface area contributed by atoms with Crippen molar-refractivity contribution in [1.29, 1.82) is 0 Å². The van der Waals surface area contributed by atoms with Crippen LogP contribution in [0.2, 0.25) is 0 Å². The molecule has 0 radical (unpaired) electrons. The molecule has 0 aliphatic rings. The molecule has 0 aromatic heterocycles. The Kier molecular flexibility index (Phi) is 5.82. The van der Waals surface area contributed by atoms with Crippen LogP contribution >= 0.6 is 11.8 Å². The molecule has 0 unspecified atom stereocenters. The minimum absolute atomic E-state index is 0.0476. The number of hydrogen-bond acceptors (Lipinski definition) is 4. The molecule has 23 heavy (non-hydrogen) atoms. The molecule has 2 aromatic rings. The summed E-state index contributed by atoms with van der Waals surface area (Å²) in [6.45, 7) is 3.30. The summed E-state index contributed by atoms with van der Waals surface area (Å²) in [5.74, 6) is 0.255. The SMILES string of the molecule is CSc1ccc(COc2cc(C(C)=O)ccc2NC(C)=O)cc1. The van der Waals surface area contributed by atoms with Gasteiger partial charge in [0.05, 0.1) is 5.69 Å². The summed E-state index contributed by atoms with van der Waals surface area (Å²) in [7, 11) is 0. The number of thioether (sulfide) groups is 1. The van der Waals surface area contributed by atoms with Crippen molar-refractivity contribution >= 4 is 29.1 Å². The van der Waals surface area contributed by atoms with Gasteiger partial charge >= 0.3 is 0 Å². The molecule has 1 amide bonds. The van der Waals surface area contributed by atoms with E-state index in [1.54, 1.807) is 30.0 Å². The molecule has 5 heteroatoms. The molecule has 0 atom stereocenters. The number of ketones is 1. The molecule has 2 aromatic carbocycles. The number of Topliss-reactive ketones (excluding diaryl/α,β-unsaturated/α-hetero) is 1. The zero-order valence-corrected chi connectivity index (χ0v) is 14.2. The Morgan fingerprint density at radius 2 is 1.78 bits per heavy atom. The van der Waals surface area contributed by atoms with E-state index in [0.717, 1.165) is 5.56 Å². The van der Waals surface area contributed by atoms with Crippen molar-refractivity contribution in [3.05, 3.63) is 53.6 Å². The highest BCUT2D eigenvalue weighted by Gasteiger charge is 2.09. The largest absolute Gasteiger partial charge is 0.487 e. The molecular weight excluding hydrogens is 310 g/mol. The zero-order valence-electron chi connectivity index (χ0n) is 13.4. The van der Waals surface area contributed by atoms with Crippen LogP contribution in [0.4, 0.5) is 5.69 Å². The molecule has 0 saturated carbocycles. The summed E-state index contributed by atoms with van der Waals surface area (Å²) in [4.78, 5) is 24.0. The van der Waals surface area contributed by atoms with E-state index in [2.05, 4.69) is 5.32 Å². The highest BCUT2D eigenvalue weighted by molar-refractivity contribution is 7.98. The lowest BCUT2D eigenvalue weighted by Gasteiger charge is -2.13. The van der Waals surface area contributed by atoms with Gasteiger partial charge < -0.3 is 10.1 Å². The molecule has 1 N–H and O–H groups in total. The Morgan fingerprint density at radius 3 is 2.35 bits per heavy atom. The van der Waals surface area contributed by atoms with E-state index in [1.165, 1.54) is 18.7 Å². The molecule has 2 rings (SSSR count). The zero-order chi connectivity index (χ0) is 16.8. The van der Waals surface area contributed by atoms with Gasteiger partial charge in [-0.1, -0.05) is 12.1 Å². The molecule has 0 spiro atoms. The van der Waals surface area contributed by atoms with Gasteiger partial charge in [-0.05, 0) is 49.1 Å². The summed E-state index contributed by atoms with van der Waals surface area (Å²) in [5.41, 5.74) is 2.12. The van der Waals surface area contributed by atoms with Crippen molar-refractivity contribution in [3.8, 4) is 5.75 Å². The van der Waals surface area contributed by atoms with Crippen LogP contribution < -0.4 is 10.1 Å². The third kappa shape index (κ3) is 4.86. The summed E-state index contributed by atoms with van der Waals surface area (Å²) < 4.78 is 5.81. The maximum atomic E-state index is 11.5. The minimum Gasteiger partial charge on any atom is -0.487 e. The van der Waals surface area contributed by atoms with Gasteiger partial charge in [-0.2, -0.15) is 0 Å². The molecule has 0 saturated heterocycles. The third-order valence-corrected chi connectivity index (χ3v) is 4.00. The molecule has 0 heterocycles. The lowest BCUT2D eigenvalue weighted by molar-refractivity contribution is -0.114. The highest BCUT2D eigenvalue weighted by Crippen LogP contribution is 2.27. The van der Waals surface area contributed by atoms with Crippen LogP contribution in [-0.2, 0) is 11.4 Å². The lowest BCUT2D eigenvalue weighted by atomic mass is 10.1. The van der Waals surface area contributed by atoms with Gasteiger partial charge in [0, 0.05) is 17.4 Å². The van der Waals surface area contributed by atoms with E-state index in [9.17, 15) is 9.59 Å². The van der Waals surface area contributed by atoms with Gasteiger partial charge in [-0.3, -0.25) is 9.59 Å². The van der Waals surface area contributed by atoms with Gasteiger partial charge in [0.25, 0.3) is 0 Å². The first-order valence-corrected chi connectivity index (χ1v) is 8.40. The number of hydrogen-bond donors (Lipinski definition) is 1. The third-order valence-electron chi connectivity index (χ3n) is 3.25. The smallest absolute Gasteiger partial charge is 0.221 e. The summed E-state index contributed by atoms with van der Waals surface area (Å²) in [5, 5.41) is 2.72. The van der Waals surface area contributed by atoms with Crippen LogP contribution in [0.15, 0.2) is 47.4 Å². The molecule has 0 aliphatic carbocycles. The van der Waals surface area contributed by atoms with E-state index < -0.39 is 0 Å². The number of amides is 1. The van der Waals surface area contributed by atoms with Crippen molar-refractivity contribution in [2.75, 3.05) is 11.6 Å². The molecule has 0 bridgehead atoms. The molecule has 120 valence electrons. The molecule has 0 fully saturated rings. The second kappa shape index (κ2) is 7.83. The van der Waals surface area contributed by atoms with E-state index in [4.69, 9.17) is 4.74 Å². The minimum atomic E-state index is -0.185. The van der Waals surface area contributed by atoms with Crippen molar-refractivity contribution in [2.45, 2.75) is 25.3 Å². The molecular formula is C18H19NO3S. The van der Waals surface area contributed by atoms with Crippen LogP contribution in [0.25, 0.3) is 0 Å². The number of anilines is 1. The average molecular weight is 329 g/mol. The Hall–Kier alpha value is -2.27. The quantitative estimate of drug-likeness (QED) is 0.639. The number of nitrogens with one attached hydrogen (secondary N) is 1. The first kappa shape index (κ1) is 17.1. The first-order valence-electron chi connectivity index (χ1n) is 7.18. The Labute approximate surface area is 140 Å². The standard InChI is InChI=1S/C18H19NO3S/c1-12(20)15-6-9-17(19-13(2)21)18(10-15)22-11-14-4-7-16(23-3)8-5-14/h4-10H,11H2,1-3H3,(H,19,21). The van der Waals surface area contributed by atoms with Gasteiger partial charge in [0.15, 0.2) is 5.78 Å². The van der Waals surface area contributed by atoms with Gasteiger partial charge in [-0.25, -0.2) is 0 Å². The van der Waals surface area contributed by atoms with Gasteiger partial charge in [0.1, 0.15) is 12.4 Å². The van der Waals surface area contributed by atoms with Crippen molar-refractivity contribution in [1.82, 2.24) is 0 Å². The van der Waals surface area contributed by atoms with Gasteiger partial charge in [0.2, 0.25) is 5.91 Å². The fourth-order valence-corrected chi connectivity index (χ4v) is 2.44. The van der Waals surface area contributed by atoms with Crippen LogP contribution in [0.5, 0.6) is 5.75 Å². The summed E-state index contributed by atoms with van der Waals surface area (Å²) >= 11 is 1.68. The Balaban J connectivity index is 2.19. The Bertz CT molecular complexity index is 711. The monoisotopic (exact) mass is 329 g/mol. The van der Waals surface area contributed by atoms with E-state index in [0.29, 0.717) is 23.6 Å². The highest BCUT2D eigenvalue weighted by atomic mass is 32.2. The number of benzene rings is 2. The normalized spacial score (nSPS) is 10.2. The topological polar surface area (TPSA) is 55.4 Å². The van der Waals surface area contributed by atoms with E-state index in [-0.39, 0.29) is 11.7 Å². The van der Waals surface area contributed by atoms with Crippen LogP contribution in [0.1, 0.15) is 29.8 Å². The number of carbonyl (C=O) groups is 2. The fourth-order valence-electron chi connectivity index (χ4n) is 2.04. The van der Waals surface area contributed by atoms with E-state index in [1.807, 2.05) is 30.5 Å². The summed E-state index contributed by atoms with van der Waals surface area (Å²) in [6, 6.07) is 13.1. The van der Waals surface area contributed by atoms with Crippen LogP contribution in [0.3, 0.4) is 0 Å². The summed E-state index contributed by atoms with van der Waals surface area (Å²) in [6.07, 6.45) is 2.03. The predicted molar refractivity (Wildman–Crippen MR) is 93.3 cm³/mol. The number of rotatable bonds is 6. The number of ether oxygens (including phenoxy) is 1. The number of carbonyl (C=O) groups excluding carboxylic acids is 2. The average Bonchev–Trinajstić information content (AvgIpc) is 2.53. The van der Waals surface area contributed by atoms with Gasteiger partial charge in [-0.15, -0.1) is 11.8 Å². The first-order chi connectivity index (χ1) is 11.0. The van der Waals surface area contributed by atoms with Crippen LogP contribution in [0, 0.1) is 0 Å². The van der Waals surface area contributed by atoms with Crippen molar-refractivity contribution in [2.24, 2.45) is 0 Å². The maximum absolute atomic E-state index is 11.5. The second-order valence-electron chi connectivity index (χ2n) is 5.09.